The molecule has 1 amide bonds. The van der Waals surface area contributed by atoms with Crippen LogP contribution in [-0.4, -0.2) is 41.3 Å². The zero-order valence-electron chi connectivity index (χ0n) is 14.2. The minimum atomic E-state index is -0.427. The van der Waals surface area contributed by atoms with Crippen molar-refractivity contribution in [3.63, 3.8) is 0 Å². The number of carbonyl (C=O) groups is 1. The summed E-state index contributed by atoms with van der Waals surface area (Å²) in [5.74, 6) is 1.33. The minimum Gasteiger partial charge on any atom is -0.366 e. The summed E-state index contributed by atoms with van der Waals surface area (Å²) in [6, 6.07) is 7.91. The molecular formula is C18H24N4O2. The highest BCUT2D eigenvalue weighted by atomic mass is 16.5. The number of imidazole rings is 1. The highest BCUT2D eigenvalue weighted by molar-refractivity contribution is 5.94. The zero-order chi connectivity index (χ0) is 16.9. The summed E-state index contributed by atoms with van der Waals surface area (Å²) >= 11 is 0. The lowest BCUT2D eigenvalue weighted by molar-refractivity contribution is -0.128. The number of hydrogen-bond acceptors (Lipinski definition) is 4. The molecule has 1 aromatic carbocycles. The normalized spacial score (nSPS) is 17.9. The van der Waals surface area contributed by atoms with E-state index in [4.69, 9.17) is 4.74 Å². The van der Waals surface area contributed by atoms with Gasteiger partial charge in [-0.3, -0.25) is 4.79 Å². The number of nitrogens with zero attached hydrogens (tertiary/aromatic N) is 2. The van der Waals surface area contributed by atoms with Gasteiger partial charge in [0.15, 0.2) is 0 Å². The smallest absolute Gasteiger partial charge is 0.254 e. The van der Waals surface area contributed by atoms with Crippen LogP contribution in [0.5, 0.6) is 0 Å². The SMILES string of the molecule is CC(C)c1nccn1Cc1cccc(NC(=O)C2CNCCO2)c1. The third kappa shape index (κ3) is 4.01. The quantitative estimate of drug-likeness (QED) is 0.881. The molecule has 24 heavy (non-hydrogen) atoms. The van der Waals surface area contributed by atoms with E-state index in [1.807, 2.05) is 30.6 Å². The lowest BCUT2D eigenvalue weighted by Gasteiger charge is -2.22. The zero-order valence-corrected chi connectivity index (χ0v) is 14.2. The summed E-state index contributed by atoms with van der Waals surface area (Å²) in [7, 11) is 0. The summed E-state index contributed by atoms with van der Waals surface area (Å²) in [5.41, 5.74) is 1.91. The van der Waals surface area contributed by atoms with Crippen molar-refractivity contribution in [2.45, 2.75) is 32.4 Å². The van der Waals surface area contributed by atoms with Crippen molar-refractivity contribution in [2.75, 3.05) is 25.0 Å². The minimum absolute atomic E-state index is 0.107. The second-order valence-corrected chi connectivity index (χ2v) is 6.32. The van der Waals surface area contributed by atoms with Crippen LogP contribution >= 0.6 is 0 Å². The van der Waals surface area contributed by atoms with Crippen molar-refractivity contribution in [1.29, 1.82) is 0 Å². The molecule has 1 aromatic heterocycles. The third-order valence-corrected chi connectivity index (χ3v) is 4.03. The number of anilines is 1. The molecule has 128 valence electrons. The maximum atomic E-state index is 12.2. The largest absolute Gasteiger partial charge is 0.366 e. The van der Waals surface area contributed by atoms with E-state index >= 15 is 0 Å². The Labute approximate surface area is 142 Å². The molecule has 0 aliphatic carbocycles. The van der Waals surface area contributed by atoms with E-state index < -0.39 is 6.10 Å². The monoisotopic (exact) mass is 328 g/mol. The summed E-state index contributed by atoms with van der Waals surface area (Å²) in [6.07, 6.45) is 3.39. The van der Waals surface area contributed by atoms with Gasteiger partial charge in [-0.05, 0) is 17.7 Å². The molecule has 0 spiro atoms. The molecule has 3 rings (SSSR count). The lowest BCUT2D eigenvalue weighted by Crippen LogP contribution is -2.45. The Kier molecular flexibility index (Phi) is 5.27. The van der Waals surface area contributed by atoms with Gasteiger partial charge in [0.05, 0.1) is 6.61 Å². The van der Waals surface area contributed by atoms with Crippen molar-refractivity contribution in [1.82, 2.24) is 14.9 Å². The highest BCUT2D eigenvalue weighted by Gasteiger charge is 2.21. The first-order valence-electron chi connectivity index (χ1n) is 8.36. The summed E-state index contributed by atoms with van der Waals surface area (Å²) in [6.45, 7) is 6.91. The van der Waals surface area contributed by atoms with Crippen LogP contribution < -0.4 is 10.6 Å². The molecule has 0 bridgehead atoms. The van der Waals surface area contributed by atoms with Crippen LogP contribution in [0.4, 0.5) is 5.69 Å². The van der Waals surface area contributed by atoms with Gasteiger partial charge in [-0.25, -0.2) is 4.98 Å². The van der Waals surface area contributed by atoms with Crippen molar-refractivity contribution in [3.8, 4) is 0 Å². The van der Waals surface area contributed by atoms with E-state index in [-0.39, 0.29) is 5.91 Å². The number of carbonyl (C=O) groups excluding carboxylic acids is 1. The maximum Gasteiger partial charge on any atom is 0.254 e. The number of morpholine rings is 1. The van der Waals surface area contributed by atoms with Crippen LogP contribution in [0.3, 0.4) is 0 Å². The first kappa shape index (κ1) is 16.7. The van der Waals surface area contributed by atoms with Crippen molar-refractivity contribution in [3.05, 3.63) is 48.0 Å². The second-order valence-electron chi connectivity index (χ2n) is 6.32. The second kappa shape index (κ2) is 7.59. The predicted octanol–water partition coefficient (Wildman–Crippen LogP) is 1.98. The third-order valence-electron chi connectivity index (χ3n) is 4.03. The van der Waals surface area contributed by atoms with Gasteiger partial charge >= 0.3 is 0 Å². The first-order chi connectivity index (χ1) is 11.6. The van der Waals surface area contributed by atoms with Crippen molar-refractivity contribution >= 4 is 11.6 Å². The van der Waals surface area contributed by atoms with Gasteiger partial charge in [0.1, 0.15) is 11.9 Å². The molecule has 2 heterocycles. The number of nitrogens with one attached hydrogen (secondary N) is 2. The molecule has 0 saturated carbocycles. The molecule has 6 nitrogen and oxygen atoms in total. The van der Waals surface area contributed by atoms with E-state index in [9.17, 15) is 4.79 Å². The Bertz CT molecular complexity index is 690. The van der Waals surface area contributed by atoms with Crippen molar-refractivity contribution < 1.29 is 9.53 Å². The van der Waals surface area contributed by atoms with Gasteiger partial charge in [-0.2, -0.15) is 0 Å². The molecule has 0 radical (unpaired) electrons. The number of hydrogen-bond donors (Lipinski definition) is 2. The lowest BCUT2D eigenvalue weighted by atomic mass is 10.1. The molecule has 1 atom stereocenters. The molecular weight excluding hydrogens is 304 g/mol. The molecule has 1 aliphatic rings. The summed E-state index contributed by atoms with van der Waals surface area (Å²) in [4.78, 5) is 16.7. The number of rotatable bonds is 5. The van der Waals surface area contributed by atoms with Crippen LogP contribution in [0.25, 0.3) is 0 Å². The van der Waals surface area contributed by atoms with Gasteiger partial charge in [0.25, 0.3) is 5.91 Å². The Morgan fingerprint density at radius 1 is 1.50 bits per heavy atom. The van der Waals surface area contributed by atoms with Crippen LogP contribution in [0.1, 0.15) is 31.2 Å². The Hall–Kier alpha value is -2.18. The van der Waals surface area contributed by atoms with Crippen molar-refractivity contribution in [2.24, 2.45) is 0 Å². The maximum absolute atomic E-state index is 12.2. The number of aromatic nitrogens is 2. The standard InChI is InChI=1S/C18H24N4O2/c1-13(2)17-20-6-8-22(17)12-14-4-3-5-15(10-14)21-18(23)16-11-19-7-9-24-16/h3-6,8,10,13,16,19H,7,9,11-12H2,1-2H3,(H,21,23). The number of amides is 1. The van der Waals surface area contributed by atoms with Crippen LogP contribution in [0, 0.1) is 0 Å². The molecule has 6 heteroatoms. The summed E-state index contributed by atoms with van der Waals surface area (Å²) in [5, 5.41) is 6.10. The van der Waals surface area contributed by atoms with Crippen LogP contribution in [-0.2, 0) is 16.1 Å². The predicted molar refractivity (Wildman–Crippen MR) is 93.1 cm³/mol. The molecule has 1 unspecified atom stereocenters. The Morgan fingerprint density at radius 2 is 2.38 bits per heavy atom. The molecule has 2 N–H and O–H groups in total. The Morgan fingerprint density at radius 3 is 3.12 bits per heavy atom. The fourth-order valence-corrected chi connectivity index (χ4v) is 2.86. The molecule has 1 aliphatic heterocycles. The average Bonchev–Trinajstić information content (AvgIpc) is 3.04. The Balaban J connectivity index is 1.67. The van der Waals surface area contributed by atoms with E-state index in [2.05, 4.69) is 40.1 Å². The van der Waals surface area contributed by atoms with E-state index in [0.29, 0.717) is 19.1 Å². The average molecular weight is 328 g/mol. The fourth-order valence-electron chi connectivity index (χ4n) is 2.86. The highest BCUT2D eigenvalue weighted by Crippen LogP contribution is 2.17. The van der Waals surface area contributed by atoms with E-state index in [0.717, 1.165) is 30.2 Å². The van der Waals surface area contributed by atoms with Gasteiger partial charge in [-0.15, -0.1) is 0 Å². The van der Waals surface area contributed by atoms with Crippen LogP contribution in [0.15, 0.2) is 36.7 Å². The van der Waals surface area contributed by atoms with Gasteiger partial charge < -0.3 is 19.9 Å². The van der Waals surface area contributed by atoms with Gasteiger partial charge in [0.2, 0.25) is 0 Å². The topological polar surface area (TPSA) is 68.2 Å². The molecule has 1 fully saturated rings. The molecule has 1 saturated heterocycles. The number of ether oxygens (including phenoxy) is 1. The first-order valence-corrected chi connectivity index (χ1v) is 8.36. The molecule has 2 aromatic rings. The summed E-state index contributed by atoms with van der Waals surface area (Å²) < 4.78 is 7.62. The van der Waals surface area contributed by atoms with E-state index in [1.54, 1.807) is 0 Å². The van der Waals surface area contributed by atoms with Gasteiger partial charge in [0, 0.05) is 43.6 Å². The van der Waals surface area contributed by atoms with E-state index in [1.165, 1.54) is 0 Å². The van der Waals surface area contributed by atoms with Crippen LogP contribution in [0.2, 0.25) is 0 Å². The number of benzene rings is 1. The van der Waals surface area contributed by atoms with Gasteiger partial charge in [-0.1, -0.05) is 26.0 Å². The fraction of sp³-hybridized carbons (Fsp3) is 0.444.